The molecule has 2 fully saturated rings. The lowest BCUT2D eigenvalue weighted by Crippen LogP contribution is -2.71. The second kappa shape index (κ2) is 11.0. The summed E-state index contributed by atoms with van der Waals surface area (Å²) in [6.45, 7) is 3.11. The maximum Gasteiger partial charge on any atom is 0.315 e. The fraction of sp³-hybridized carbons (Fsp3) is 0.476. The van der Waals surface area contributed by atoms with Gasteiger partial charge < -0.3 is 40.9 Å². The van der Waals surface area contributed by atoms with Gasteiger partial charge in [-0.25, -0.2) is 4.79 Å². The molecule has 1 aromatic heterocycles. The smallest absolute Gasteiger partial charge is 0.315 e. The second-order valence-electron chi connectivity index (χ2n) is 9.08. The number of nitrogens with one attached hydrogen (secondary N) is 1. The third-order valence-electron chi connectivity index (χ3n) is 6.53. The molecule has 0 aliphatic carbocycles. The molecule has 2 saturated heterocycles. The summed E-state index contributed by atoms with van der Waals surface area (Å²) in [5, 5.41) is 17.7. The Morgan fingerprint density at radius 3 is 2.63 bits per heavy atom. The number of fused-ring (bicyclic) bond motifs is 1. The van der Waals surface area contributed by atoms with E-state index in [1.165, 1.54) is 18.9 Å². The Balaban J connectivity index is 1.44. The number of β-lactam (4-membered cyclic amide) rings is 1. The summed E-state index contributed by atoms with van der Waals surface area (Å²) in [6.07, 6.45) is 3.56. The number of carbonyl (C=O) groups is 4. The van der Waals surface area contributed by atoms with Crippen molar-refractivity contribution >= 4 is 58.0 Å². The van der Waals surface area contributed by atoms with Crippen LogP contribution >= 0.6 is 23.3 Å². The molecular weight excluding hydrogens is 538 g/mol. The Morgan fingerprint density at radius 2 is 2.05 bits per heavy atom. The highest BCUT2D eigenvalue weighted by Gasteiger charge is 2.53. The largest absolute Gasteiger partial charge is 0.543 e. The second-order valence-corrected chi connectivity index (χ2v) is 11.0. The van der Waals surface area contributed by atoms with Gasteiger partial charge in [-0.3, -0.25) is 14.5 Å². The number of hydrogen-bond donors (Lipinski definition) is 3. The number of carboxylic acid groups (broad SMARTS) is 1. The zero-order valence-corrected chi connectivity index (χ0v) is 22.3. The number of piperazine rings is 1. The molecule has 38 heavy (non-hydrogen) atoms. The predicted octanol–water partition coefficient (Wildman–Crippen LogP) is -2.73. The molecule has 3 aliphatic heterocycles. The first-order valence-electron chi connectivity index (χ1n) is 11.5. The SMILES string of the molecule is CO/N=C(\C(=O)N[C@@H]1C(=O)N2C(C(=O)[O-])=C(/C=C/C[N+]3(C)CCN(C(N)=O)CC3)CS[C@H]12)c1nsc(N)n1. The molecule has 4 rings (SSSR count). The number of carbonyl (C=O) groups excluding carboxylic acids is 4. The van der Waals surface area contributed by atoms with Crippen molar-refractivity contribution in [2.75, 3.05) is 58.4 Å². The lowest BCUT2D eigenvalue weighted by atomic mass is 10.0. The van der Waals surface area contributed by atoms with E-state index in [9.17, 15) is 24.3 Å². The Morgan fingerprint density at radius 1 is 1.34 bits per heavy atom. The number of nitrogens with two attached hydrogens (primary N) is 2. The number of quaternary nitrogens is 1. The topological polar surface area (TPSA) is 209 Å². The molecule has 0 radical (unpaired) electrons. The first-order chi connectivity index (χ1) is 18.0. The standard InChI is InChI=1S/C21H27N9O6S2/c1-30(8-5-28(6-9-30)21(23)35)7-3-4-11-10-37-18-13(17(32)29(18)14(11)19(33)34)24-16(31)12(26-36-2)15-25-20(22)38-27-15/h3-4,13,18H,5-10H2,1-2H3,(H5-,22,23,24,25,27,31,33,34,35)/b4-3+,26-12-/t13-,18-/m1/s1. The van der Waals surface area contributed by atoms with Crippen LogP contribution in [0.1, 0.15) is 5.82 Å². The van der Waals surface area contributed by atoms with E-state index >= 15 is 0 Å². The van der Waals surface area contributed by atoms with Crippen molar-refractivity contribution in [2.45, 2.75) is 11.4 Å². The lowest BCUT2D eigenvalue weighted by Gasteiger charge is -2.50. The van der Waals surface area contributed by atoms with Gasteiger partial charge in [0, 0.05) is 17.3 Å². The molecule has 0 aromatic carbocycles. The summed E-state index contributed by atoms with van der Waals surface area (Å²) in [7, 11) is 3.29. The number of aromatic nitrogens is 2. The van der Waals surface area contributed by atoms with Crippen molar-refractivity contribution in [3.63, 3.8) is 0 Å². The van der Waals surface area contributed by atoms with Gasteiger partial charge in [0.15, 0.2) is 5.13 Å². The number of rotatable bonds is 8. The number of urea groups is 1. The number of aliphatic carboxylic acids is 1. The van der Waals surface area contributed by atoms with Crippen LogP contribution in [0.5, 0.6) is 0 Å². The van der Waals surface area contributed by atoms with Crippen molar-refractivity contribution in [1.82, 2.24) is 24.5 Å². The van der Waals surface area contributed by atoms with Crippen LogP contribution in [0.15, 0.2) is 28.6 Å². The molecule has 17 heteroatoms. The minimum Gasteiger partial charge on any atom is -0.543 e. The number of carboxylic acids is 1. The molecule has 4 amide bonds. The van der Waals surface area contributed by atoms with Gasteiger partial charge in [-0.1, -0.05) is 11.2 Å². The number of oxime groups is 1. The predicted molar refractivity (Wildman–Crippen MR) is 136 cm³/mol. The van der Waals surface area contributed by atoms with E-state index in [2.05, 4.69) is 19.8 Å². The van der Waals surface area contributed by atoms with Gasteiger partial charge in [-0.05, 0) is 11.6 Å². The van der Waals surface area contributed by atoms with Crippen molar-refractivity contribution in [1.29, 1.82) is 0 Å². The van der Waals surface area contributed by atoms with Crippen molar-refractivity contribution in [3.05, 3.63) is 29.2 Å². The molecule has 1 aromatic rings. The first-order valence-corrected chi connectivity index (χ1v) is 13.3. The Hall–Kier alpha value is -3.70. The van der Waals surface area contributed by atoms with E-state index in [1.54, 1.807) is 11.0 Å². The molecule has 5 N–H and O–H groups in total. The van der Waals surface area contributed by atoms with Crippen LogP contribution in [0.2, 0.25) is 0 Å². The number of anilines is 1. The van der Waals surface area contributed by atoms with Crippen LogP contribution < -0.4 is 21.9 Å². The van der Waals surface area contributed by atoms with Gasteiger partial charge >= 0.3 is 6.03 Å². The quantitative estimate of drug-likeness (QED) is 0.128. The third-order valence-corrected chi connectivity index (χ3v) is 8.37. The fourth-order valence-corrected chi connectivity index (χ4v) is 6.13. The van der Waals surface area contributed by atoms with Gasteiger partial charge in [0.1, 0.15) is 18.5 Å². The monoisotopic (exact) mass is 565 g/mol. The molecule has 0 unspecified atom stereocenters. The number of likely N-dealkylation sites (N-methyl/N-ethyl adjacent to an activating group) is 1. The number of primary amides is 1. The molecular formula is C21H27N9O6S2. The van der Waals surface area contributed by atoms with E-state index in [0.717, 1.165) is 16.4 Å². The summed E-state index contributed by atoms with van der Waals surface area (Å²) in [4.78, 5) is 60.5. The van der Waals surface area contributed by atoms with Crippen LogP contribution in [0.3, 0.4) is 0 Å². The molecule has 4 heterocycles. The summed E-state index contributed by atoms with van der Waals surface area (Å²) in [6, 6.07) is -1.43. The number of allylic oxidation sites excluding steroid dienone is 1. The van der Waals surface area contributed by atoms with E-state index in [0.29, 0.717) is 48.5 Å². The van der Waals surface area contributed by atoms with Crippen LogP contribution in [0, 0.1) is 0 Å². The maximum absolute atomic E-state index is 13.0. The molecule has 0 bridgehead atoms. The molecule has 204 valence electrons. The highest BCUT2D eigenvalue weighted by molar-refractivity contribution is 8.00. The van der Waals surface area contributed by atoms with Gasteiger partial charge in [0.05, 0.1) is 51.4 Å². The highest BCUT2D eigenvalue weighted by Crippen LogP contribution is 2.40. The number of nitrogens with zero attached hydrogens (tertiary/aromatic N) is 6. The average Bonchev–Trinajstić information content (AvgIpc) is 3.30. The first kappa shape index (κ1) is 27.3. The van der Waals surface area contributed by atoms with Crippen LogP contribution in [-0.4, -0.2) is 117 Å². The van der Waals surface area contributed by atoms with Crippen LogP contribution in [0.25, 0.3) is 0 Å². The molecule has 3 aliphatic rings. The van der Waals surface area contributed by atoms with Crippen molar-refractivity contribution in [3.8, 4) is 0 Å². The minimum absolute atomic E-state index is 0.0538. The fourth-order valence-electron chi connectivity index (χ4n) is 4.38. The van der Waals surface area contributed by atoms with Gasteiger partial charge in [0.2, 0.25) is 11.5 Å². The number of hydrogen-bond acceptors (Lipinski definition) is 12. The Bertz CT molecular complexity index is 1240. The number of amides is 4. The van der Waals surface area contributed by atoms with Gasteiger partial charge in [-0.15, -0.1) is 11.8 Å². The van der Waals surface area contributed by atoms with Crippen molar-refractivity contribution < 1.29 is 33.6 Å². The number of thioether (sulfide) groups is 1. The molecule has 0 spiro atoms. The summed E-state index contributed by atoms with van der Waals surface area (Å²) in [5.41, 5.74) is 10.9. The Labute approximate surface area is 225 Å². The van der Waals surface area contributed by atoms with Crippen molar-refractivity contribution in [2.24, 2.45) is 10.9 Å². The average molecular weight is 566 g/mol. The molecule has 0 saturated carbocycles. The van der Waals surface area contributed by atoms with E-state index in [1.807, 2.05) is 13.1 Å². The van der Waals surface area contributed by atoms with Crippen LogP contribution in [-0.2, 0) is 19.2 Å². The summed E-state index contributed by atoms with van der Waals surface area (Å²) < 4.78 is 4.60. The molecule has 15 nitrogen and oxygen atoms in total. The zero-order valence-electron chi connectivity index (χ0n) is 20.7. The maximum atomic E-state index is 13.0. The lowest BCUT2D eigenvalue weighted by molar-refractivity contribution is -0.907. The Kier molecular flexibility index (Phi) is 7.89. The van der Waals surface area contributed by atoms with E-state index in [-0.39, 0.29) is 22.4 Å². The summed E-state index contributed by atoms with van der Waals surface area (Å²) in [5.74, 6) is -2.59. The van der Waals surface area contributed by atoms with Crippen LogP contribution in [0.4, 0.5) is 9.93 Å². The van der Waals surface area contributed by atoms with E-state index < -0.39 is 35.2 Å². The highest BCUT2D eigenvalue weighted by atomic mass is 32.2. The third kappa shape index (κ3) is 5.44. The summed E-state index contributed by atoms with van der Waals surface area (Å²) >= 11 is 2.18. The molecule has 2 atom stereocenters. The normalized spacial score (nSPS) is 23.2. The minimum atomic E-state index is -1.48. The van der Waals surface area contributed by atoms with Gasteiger partial charge in [-0.2, -0.15) is 9.36 Å². The number of nitrogen functional groups attached to an aromatic ring is 1. The van der Waals surface area contributed by atoms with Gasteiger partial charge in [0.25, 0.3) is 11.8 Å². The zero-order chi connectivity index (χ0) is 27.6. The van der Waals surface area contributed by atoms with E-state index in [4.69, 9.17) is 16.3 Å².